The van der Waals surface area contributed by atoms with Crippen LogP contribution >= 0.6 is 0 Å². The second-order valence-corrected chi connectivity index (χ2v) is 8.53. The van der Waals surface area contributed by atoms with Gasteiger partial charge in [-0.2, -0.15) is 0 Å². The number of aliphatic hydroxyl groups excluding tert-OH is 5. The Hall–Kier alpha value is -1.32. The lowest BCUT2D eigenvalue weighted by Gasteiger charge is -2.20. The molecule has 6 atom stereocenters. The van der Waals surface area contributed by atoms with E-state index in [0.29, 0.717) is 19.3 Å². The first kappa shape index (κ1) is 27.7. The van der Waals surface area contributed by atoms with E-state index >= 15 is 0 Å². The third-order valence-corrected chi connectivity index (χ3v) is 5.77. The normalized spacial score (nSPS) is 25.6. The van der Waals surface area contributed by atoms with Crippen LogP contribution in [-0.4, -0.2) is 74.9 Å². The van der Waals surface area contributed by atoms with Gasteiger partial charge in [-0.1, -0.05) is 38.3 Å². The van der Waals surface area contributed by atoms with Crippen molar-refractivity contribution in [3.05, 3.63) is 12.2 Å². The highest BCUT2D eigenvalue weighted by atomic mass is 16.5. The molecule has 0 bridgehead atoms. The van der Waals surface area contributed by atoms with Gasteiger partial charge in [0.15, 0.2) is 0 Å². The van der Waals surface area contributed by atoms with E-state index in [1.54, 1.807) is 12.2 Å². The van der Waals surface area contributed by atoms with Crippen LogP contribution in [0.3, 0.4) is 0 Å². The summed E-state index contributed by atoms with van der Waals surface area (Å²) in [5, 5.41) is 48.4. The standard InChI is InChI=1S/C23H40O8/c1-2-3-4-7-16(25)10-11-19-20(22(29)13-21(19)28)12-17(26)8-5-6-9-23(30)31-15-18(27)14-24/h10-11,16,18-22,24-25,27-29H,2-9,12-15H2,1H3/b11-10+/t16-,18?,19+,20+,21+,22-/m0/s1. The van der Waals surface area contributed by atoms with Crippen molar-refractivity contribution in [1.82, 2.24) is 0 Å². The Morgan fingerprint density at radius 2 is 1.77 bits per heavy atom. The molecular formula is C23H40O8. The molecule has 1 aliphatic carbocycles. The molecule has 1 rings (SSSR count). The molecule has 0 saturated heterocycles. The number of hydrogen-bond acceptors (Lipinski definition) is 8. The van der Waals surface area contributed by atoms with Gasteiger partial charge in [0, 0.05) is 37.5 Å². The molecule has 8 heteroatoms. The summed E-state index contributed by atoms with van der Waals surface area (Å²) in [6.07, 6.45) is 5.63. The van der Waals surface area contributed by atoms with Crippen LogP contribution in [0.2, 0.25) is 0 Å². The summed E-state index contributed by atoms with van der Waals surface area (Å²) >= 11 is 0. The summed E-state index contributed by atoms with van der Waals surface area (Å²) in [5.74, 6) is -1.28. The molecule has 0 aliphatic heterocycles. The van der Waals surface area contributed by atoms with Crippen LogP contribution in [0.15, 0.2) is 12.2 Å². The largest absolute Gasteiger partial charge is 0.463 e. The number of hydrogen-bond donors (Lipinski definition) is 5. The maximum absolute atomic E-state index is 12.4. The molecule has 31 heavy (non-hydrogen) atoms. The number of Topliss-reactive ketones (excluding diaryl/α,β-unsaturated/α-hetero) is 1. The van der Waals surface area contributed by atoms with Gasteiger partial charge in [-0.25, -0.2) is 0 Å². The van der Waals surface area contributed by atoms with Gasteiger partial charge in [-0.15, -0.1) is 0 Å². The Labute approximate surface area is 184 Å². The fourth-order valence-corrected chi connectivity index (χ4v) is 3.89. The van der Waals surface area contributed by atoms with Crippen molar-refractivity contribution in [3.8, 4) is 0 Å². The zero-order valence-corrected chi connectivity index (χ0v) is 18.6. The lowest BCUT2D eigenvalue weighted by atomic mass is 9.87. The Morgan fingerprint density at radius 1 is 1.06 bits per heavy atom. The Balaban J connectivity index is 2.38. The Kier molecular flexibility index (Phi) is 13.8. The van der Waals surface area contributed by atoms with Crippen molar-refractivity contribution < 1.29 is 39.9 Å². The second kappa shape index (κ2) is 15.5. The zero-order valence-electron chi connectivity index (χ0n) is 18.6. The lowest BCUT2D eigenvalue weighted by Crippen LogP contribution is -2.24. The minimum atomic E-state index is -1.09. The third-order valence-electron chi connectivity index (χ3n) is 5.77. The average Bonchev–Trinajstić information content (AvgIpc) is 3.00. The summed E-state index contributed by atoms with van der Waals surface area (Å²) in [6, 6.07) is 0. The molecule has 0 amide bonds. The number of carbonyl (C=O) groups excluding carboxylic acids is 2. The highest BCUT2D eigenvalue weighted by Crippen LogP contribution is 2.36. The topological polar surface area (TPSA) is 145 Å². The van der Waals surface area contributed by atoms with Crippen LogP contribution < -0.4 is 0 Å². The molecule has 0 aromatic heterocycles. The number of rotatable bonds is 16. The maximum atomic E-state index is 12.4. The van der Waals surface area contributed by atoms with E-state index in [9.17, 15) is 24.9 Å². The lowest BCUT2D eigenvalue weighted by molar-refractivity contribution is -0.147. The van der Waals surface area contributed by atoms with E-state index in [1.807, 2.05) is 0 Å². The quantitative estimate of drug-likeness (QED) is 0.136. The molecular weight excluding hydrogens is 404 g/mol. The van der Waals surface area contributed by atoms with Gasteiger partial charge >= 0.3 is 5.97 Å². The summed E-state index contributed by atoms with van der Waals surface area (Å²) < 4.78 is 4.80. The molecule has 5 N–H and O–H groups in total. The number of carbonyl (C=O) groups is 2. The fourth-order valence-electron chi connectivity index (χ4n) is 3.89. The van der Waals surface area contributed by atoms with E-state index in [-0.39, 0.29) is 49.9 Å². The first-order valence-electron chi connectivity index (χ1n) is 11.5. The van der Waals surface area contributed by atoms with Crippen LogP contribution in [0.1, 0.15) is 71.1 Å². The van der Waals surface area contributed by atoms with E-state index < -0.39 is 37.0 Å². The Bertz CT molecular complexity index is 550. The molecule has 0 aromatic rings. The highest BCUT2D eigenvalue weighted by Gasteiger charge is 2.41. The van der Waals surface area contributed by atoms with Crippen molar-refractivity contribution >= 4 is 11.8 Å². The predicted octanol–water partition coefficient (Wildman–Crippen LogP) is 1.26. The van der Waals surface area contributed by atoms with Gasteiger partial charge in [-0.05, 0) is 19.3 Å². The van der Waals surface area contributed by atoms with Crippen molar-refractivity contribution in [2.24, 2.45) is 11.8 Å². The molecule has 0 radical (unpaired) electrons. The molecule has 1 aliphatic rings. The molecule has 180 valence electrons. The van der Waals surface area contributed by atoms with Crippen LogP contribution in [0.5, 0.6) is 0 Å². The number of esters is 1. The molecule has 0 spiro atoms. The molecule has 0 aromatic carbocycles. The van der Waals surface area contributed by atoms with Crippen molar-refractivity contribution in [2.75, 3.05) is 13.2 Å². The third kappa shape index (κ3) is 11.2. The van der Waals surface area contributed by atoms with E-state index in [1.165, 1.54) is 0 Å². The highest BCUT2D eigenvalue weighted by molar-refractivity contribution is 5.78. The van der Waals surface area contributed by atoms with E-state index in [0.717, 1.165) is 19.3 Å². The summed E-state index contributed by atoms with van der Waals surface area (Å²) in [5.41, 5.74) is 0. The smallest absolute Gasteiger partial charge is 0.305 e. The molecule has 1 unspecified atom stereocenters. The molecule has 0 heterocycles. The minimum Gasteiger partial charge on any atom is -0.463 e. The van der Waals surface area contributed by atoms with Gasteiger partial charge in [0.2, 0.25) is 0 Å². The van der Waals surface area contributed by atoms with Gasteiger partial charge in [0.1, 0.15) is 18.5 Å². The summed E-state index contributed by atoms with van der Waals surface area (Å²) in [4.78, 5) is 23.9. The molecule has 8 nitrogen and oxygen atoms in total. The summed E-state index contributed by atoms with van der Waals surface area (Å²) in [7, 11) is 0. The summed E-state index contributed by atoms with van der Waals surface area (Å²) in [6.45, 7) is 1.37. The van der Waals surface area contributed by atoms with Gasteiger partial charge in [0.25, 0.3) is 0 Å². The van der Waals surface area contributed by atoms with E-state index in [4.69, 9.17) is 14.9 Å². The van der Waals surface area contributed by atoms with Crippen LogP contribution in [0.25, 0.3) is 0 Å². The first-order chi connectivity index (χ1) is 14.8. The monoisotopic (exact) mass is 444 g/mol. The van der Waals surface area contributed by atoms with Gasteiger partial charge in [-0.3, -0.25) is 9.59 Å². The van der Waals surface area contributed by atoms with Crippen molar-refractivity contribution in [1.29, 1.82) is 0 Å². The number of ketones is 1. The van der Waals surface area contributed by atoms with Crippen LogP contribution in [0, 0.1) is 11.8 Å². The van der Waals surface area contributed by atoms with E-state index in [2.05, 4.69) is 6.92 Å². The van der Waals surface area contributed by atoms with Gasteiger partial charge < -0.3 is 30.3 Å². The maximum Gasteiger partial charge on any atom is 0.305 e. The molecule has 1 saturated carbocycles. The average molecular weight is 445 g/mol. The van der Waals surface area contributed by atoms with Crippen molar-refractivity contribution in [3.63, 3.8) is 0 Å². The molecule has 1 fully saturated rings. The predicted molar refractivity (Wildman–Crippen MR) is 115 cm³/mol. The van der Waals surface area contributed by atoms with Crippen LogP contribution in [0.4, 0.5) is 0 Å². The van der Waals surface area contributed by atoms with Crippen LogP contribution in [-0.2, 0) is 14.3 Å². The second-order valence-electron chi connectivity index (χ2n) is 8.53. The fraction of sp³-hybridized carbons (Fsp3) is 0.826. The zero-order chi connectivity index (χ0) is 23.2. The first-order valence-corrected chi connectivity index (χ1v) is 11.5. The Morgan fingerprint density at radius 3 is 2.45 bits per heavy atom. The van der Waals surface area contributed by atoms with Crippen molar-refractivity contribution in [2.45, 2.75) is 95.5 Å². The number of ether oxygens (including phenoxy) is 1. The number of unbranched alkanes of at least 4 members (excludes halogenated alkanes) is 3. The number of aliphatic hydroxyl groups is 5. The SMILES string of the molecule is CCCCC[C@H](O)/C=C/[C@@H]1[C@@H](CC(=O)CCCCC(=O)OCC(O)CO)[C@@H](O)C[C@H]1O. The van der Waals surface area contributed by atoms with Gasteiger partial charge in [0.05, 0.1) is 24.9 Å². The minimum absolute atomic E-state index is 0.0379.